The van der Waals surface area contributed by atoms with E-state index in [0.717, 1.165) is 11.8 Å². The standard InChI is InChI=1S/C24H18FN5O3S/c25-16-10-12-17(13-11-16)26-20(31)14-34-24-28-23(33)21(29-30-24)18-8-4-5-9-19(18)27-22(32)15-6-2-1-3-7-15/h1-13H,14H2,(H,26,31)(H,27,32)(H,28,30,33). The van der Waals surface area contributed by atoms with Gasteiger partial charge in [0.15, 0.2) is 10.9 Å². The minimum Gasteiger partial charge on any atom is -0.325 e. The summed E-state index contributed by atoms with van der Waals surface area (Å²) in [6.07, 6.45) is 0. The van der Waals surface area contributed by atoms with Crippen LogP contribution in [0.2, 0.25) is 0 Å². The highest BCUT2D eigenvalue weighted by molar-refractivity contribution is 7.99. The number of aromatic amines is 1. The highest BCUT2D eigenvalue weighted by Crippen LogP contribution is 2.24. The lowest BCUT2D eigenvalue weighted by Crippen LogP contribution is -2.18. The van der Waals surface area contributed by atoms with Crippen molar-refractivity contribution in [3.05, 3.63) is 101 Å². The van der Waals surface area contributed by atoms with E-state index in [-0.39, 0.29) is 28.4 Å². The number of amides is 2. The number of H-pyrrole nitrogens is 1. The van der Waals surface area contributed by atoms with Crippen LogP contribution in [0.1, 0.15) is 10.4 Å². The molecule has 4 aromatic rings. The van der Waals surface area contributed by atoms with Gasteiger partial charge in [-0.2, -0.15) is 0 Å². The van der Waals surface area contributed by atoms with Crippen molar-refractivity contribution in [2.75, 3.05) is 16.4 Å². The first kappa shape index (κ1) is 22.9. The number of nitrogens with one attached hydrogen (secondary N) is 3. The lowest BCUT2D eigenvalue weighted by molar-refractivity contribution is -0.113. The van der Waals surface area contributed by atoms with Gasteiger partial charge in [-0.15, -0.1) is 10.2 Å². The molecule has 0 saturated carbocycles. The number of anilines is 2. The maximum Gasteiger partial charge on any atom is 0.278 e. The second-order valence-electron chi connectivity index (χ2n) is 7.02. The van der Waals surface area contributed by atoms with E-state index < -0.39 is 11.4 Å². The van der Waals surface area contributed by atoms with E-state index in [4.69, 9.17) is 0 Å². The number of rotatable bonds is 7. The summed E-state index contributed by atoms with van der Waals surface area (Å²) >= 11 is 0.996. The Hall–Kier alpha value is -4.31. The third-order valence-electron chi connectivity index (χ3n) is 4.61. The number of halogens is 1. The number of hydrogen-bond acceptors (Lipinski definition) is 6. The summed E-state index contributed by atoms with van der Waals surface area (Å²) in [5.74, 6) is -1.11. The smallest absolute Gasteiger partial charge is 0.278 e. The SMILES string of the molecule is O=C(CSc1nnc(-c2ccccc2NC(=O)c2ccccc2)c(=O)[nH]1)Nc1ccc(F)cc1. The normalized spacial score (nSPS) is 10.5. The summed E-state index contributed by atoms with van der Waals surface area (Å²) in [6, 6.07) is 20.8. The van der Waals surface area contributed by atoms with Crippen LogP contribution in [0.15, 0.2) is 88.8 Å². The van der Waals surface area contributed by atoms with Crippen LogP contribution in [-0.2, 0) is 4.79 Å². The summed E-state index contributed by atoms with van der Waals surface area (Å²) in [4.78, 5) is 39.9. The van der Waals surface area contributed by atoms with Crippen molar-refractivity contribution in [1.82, 2.24) is 15.2 Å². The van der Waals surface area contributed by atoms with Crippen molar-refractivity contribution in [1.29, 1.82) is 0 Å². The fourth-order valence-electron chi connectivity index (χ4n) is 3.01. The van der Waals surface area contributed by atoms with E-state index in [1.54, 1.807) is 48.5 Å². The molecule has 1 heterocycles. The number of aromatic nitrogens is 3. The summed E-state index contributed by atoms with van der Waals surface area (Å²) < 4.78 is 13.0. The molecule has 0 spiro atoms. The molecule has 1 aromatic heterocycles. The van der Waals surface area contributed by atoms with Crippen molar-refractivity contribution >= 4 is 35.0 Å². The molecule has 0 bridgehead atoms. The maximum absolute atomic E-state index is 13.0. The van der Waals surface area contributed by atoms with Crippen molar-refractivity contribution in [3.8, 4) is 11.3 Å². The first-order valence-electron chi connectivity index (χ1n) is 10.1. The highest BCUT2D eigenvalue weighted by atomic mass is 32.2. The number of para-hydroxylation sites is 1. The Morgan fingerprint density at radius 3 is 2.32 bits per heavy atom. The van der Waals surface area contributed by atoms with E-state index in [9.17, 15) is 18.8 Å². The molecule has 0 aliphatic heterocycles. The topological polar surface area (TPSA) is 117 Å². The maximum atomic E-state index is 13.0. The first-order valence-corrected chi connectivity index (χ1v) is 11.1. The van der Waals surface area contributed by atoms with Crippen LogP contribution in [0.5, 0.6) is 0 Å². The van der Waals surface area contributed by atoms with Gasteiger partial charge in [0.2, 0.25) is 5.91 Å². The zero-order valence-corrected chi connectivity index (χ0v) is 18.4. The lowest BCUT2D eigenvalue weighted by Gasteiger charge is -2.10. The Balaban J connectivity index is 1.45. The van der Waals surface area contributed by atoms with E-state index in [1.807, 2.05) is 6.07 Å². The van der Waals surface area contributed by atoms with Crippen LogP contribution >= 0.6 is 11.8 Å². The molecule has 170 valence electrons. The summed E-state index contributed by atoms with van der Waals surface area (Å²) in [7, 11) is 0. The van der Waals surface area contributed by atoms with Crippen LogP contribution in [-0.4, -0.2) is 32.7 Å². The van der Waals surface area contributed by atoms with Gasteiger partial charge >= 0.3 is 0 Å². The van der Waals surface area contributed by atoms with Gasteiger partial charge in [-0.05, 0) is 42.5 Å². The van der Waals surface area contributed by atoms with Crippen molar-refractivity contribution in [2.24, 2.45) is 0 Å². The molecule has 2 amide bonds. The molecule has 0 radical (unpaired) electrons. The van der Waals surface area contributed by atoms with Crippen LogP contribution < -0.4 is 16.2 Å². The average molecular weight is 476 g/mol. The van der Waals surface area contributed by atoms with Crippen LogP contribution in [0.4, 0.5) is 15.8 Å². The Bertz CT molecular complexity index is 1380. The molecule has 4 rings (SSSR count). The van der Waals surface area contributed by atoms with E-state index in [0.29, 0.717) is 22.5 Å². The van der Waals surface area contributed by atoms with E-state index >= 15 is 0 Å². The zero-order chi connectivity index (χ0) is 23.9. The number of thioether (sulfide) groups is 1. The van der Waals surface area contributed by atoms with Crippen LogP contribution in [0.3, 0.4) is 0 Å². The largest absolute Gasteiger partial charge is 0.325 e. The Morgan fingerprint density at radius 2 is 1.59 bits per heavy atom. The predicted molar refractivity (Wildman–Crippen MR) is 128 cm³/mol. The predicted octanol–water partition coefficient (Wildman–Crippen LogP) is 3.95. The number of carbonyl (C=O) groups excluding carboxylic acids is 2. The summed E-state index contributed by atoms with van der Waals surface area (Å²) in [5, 5.41) is 13.6. The number of hydrogen-bond donors (Lipinski definition) is 3. The van der Waals surface area contributed by atoms with Gasteiger partial charge in [0.25, 0.3) is 11.5 Å². The molecular weight excluding hydrogens is 457 g/mol. The second-order valence-corrected chi connectivity index (χ2v) is 7.98. The minimum atomic E-state index is -0.516. The van der Waals surface area contributed by atoms with Crippen molar-refractivity contribution in [2.45, 2.75) is 5.16 Å². The Kier molecular flexibility index (Phi) is 7.09. The first-order chi connectivity index (χ1) is 16.5. The number of benzene rings is 3. The third-order valence-corrected chi connectivity index (χ3v) is 5.47. The minimum absolute atomic E-state index is 0.0316. The van der Waals surface area contributed by atoms with Gasteiger partial charge in [0, 0.05) is 16.8 Å². The molecule has 0 fully saturated rings. The average Bonchev–Trinajstić information content (AvgIpc) is 2.85. The van der Waals surface area contributed by atoms with Crippen LogP contribution in [0, 0.1) is 5.82 Å². The van der Waals surface area contributed by atoms with Crippen LogP contribution in [0.25, 0.3) is 11.3 Å². The van der Waals surface area contributed by atoms with Gasteiger partial charge < -0.3 is 10.6 Å². The van der Waals surface area contributed by atoms with Gasteiger partial charge in [-0.25, -0.2) is 4.39 Å². The van der Waals surface area contributed by atoms with Gasteiger partial charge in [0.05, 0.1) is 11.4 Å². The molecule has 3 N–H and O–H groups in total. The van der Waals surface area contributed by atoms with E-state index in [1.165, 1.54) is 24.3 Å². The third kappa shape index (κ3) is 5.73. The zero-order valence-electron chi connectivity index (χ0n) is 17.6. The molecular formula is C24H18FN5O3S. The summed E-state index contributed by atoms with van der Waals surface area (Å²) in [6.45, 7) is 0. The van der Waals surface area contributed by atoms with Gasteiger partial charge in [-0.1, -0.05) is 48.2 Å². The number of nitrogens with zero attached hydrogens (tertiary/aromatic N) is 2. The van der Waals surface area contributed by atoms with E-state index in [2.05, 4.69) is 25.8 Å². The fraction of sp³-hybridized carbons (Fsp3) is 0.0417. The van der Waals surface area contributed by atoms with Crippen molar-refractivity contribution in [3.63, 3.8) is 0 Å². The number of carbonyl (C=O) groups is 2. The summed E-state index contributed by atoms with van der Waals surface area (Å²) in [5.41, 5.74) is 1.27. The molecule has 0 unspecified atom stereocenters. The van der Waals surface area contributed by atoms with Gasteiger partial charge in [0.1, 0.15) is 5.82 Å². The highest BCUT2D eigenvalue weighted by Gasteiger charge is 2.15. The lowest BCUT2D eigenvalue weighted by atomic mass is 10.1. The quantitative estimate of drug-likeness (QED) is 0.349. The molecule has 0 atom stereocenters. The monoisotopic (exact) mass is 475 g/mol. The molecule has 10 heteroatoms. The molecule has 0 saturated heterocycles. The molecule has 8 nitrogen and oxygen atoms in total. The molecule has 0 aliphatic rings. The van der Waals surface area contributed by atoms with Crippen molar-refractivity contribution < 1.29 is 14.0 Å². The molecule has 34 heavy (non-hydrogen) atoms. The molecule has 3 aromatic carbocycles. The molecule has 0 aliphatic carbocycles. The fourth-order valence-corrected chi connectivity index (χ4v) is 3.61. The second kappa shape index (κ2) is 10.5. The Morgan fingerprint density at radius 1 is 0.882 bits per heavy atom. The van der Waals surface area contributed by atoms with Gasteiger partial charge in [-0.3, -0.25) is 19.4 Å². The Labute approximate surface area is 197 Å².